The average molecular weight is 319 g/mol. The minimum atomic E-state index is 0.158. The molecule has 4 rings (SSSR count). The molecule has 24 heavy (non-hydrogen) atoms. The third-order valence-electron chi connectivity index (χ3n) is 4.83. The molecule has 2 heterocycles. The van der Waals surface area contributed by atoms with Gasteiger partial charge in [0.15, 0.2) is 0 Å². The van der Waals surface area contributed by atoms with E-state index in [2.05, 4.69) is 34.9 Å². The van der Waals surface area contributed by atoms with Crippen molar-refractivity contribution in [1.82, 2.24) is 14.5 Å². The van der Waals surface area contributed by atoms with E-state index < -0.39 is 0 Å². The van der Waals surface area contributed by atoms with Crippen molar-refractivity contribution in [3.8, 4) is 11.4 Å². The van der Waals surface area contributed by atoms with Crippen LogP contribution >= 0.6 is 0 Å². The molecule has 0 spiro atoms. The summed E-state index contributed by atoms with van der Waals surface area (Å²) in [5, 5.41) is 0. The molecule has 1 fully saturated rings. The number of amides is 1. The van der Waals surface area contributed by atoms with Crippen LogP contribution in [0.3, 0.4) is 0 Å². The SMILES string of the molecule is CC(=O)N1CCCC(n2c(-c3ccccc3)nc3ccccc32)C1. The van der Waals surface area contributed by atoms with Gasteiger partial charge in [-0.15, -0.1) is 0 Å². The van der Waals surface area contributed by atoms with Gasteiger partial charge in [-0.3, -0.25) is 4.79 Å². The molecular formula is C20H21N3O. The Morgan fingerprint density at radius 3 is 2.62 bits per heavy atom. The normalized spacial score (nSPS) is 18.0. The lowest BCUT2D eigenvalue weighted by Crippen LogP contribution is -2.39. The Bertz CT molecular complexity index is 869. The van der Waals surface area contributed by atoms with Crippen molar-refractivity contribution in [3.05, 3.63) is 54.6 Å². The fourth-order valence-electron chi connectivity index (χ4n) is 3.66. The molecular weight excluding hydrogens is 298 g/mol. The van der Waals surface area contributed by atoms with Gasteiger partial charge in [-0.1, -0.05) is 42.5 Å². The minimum absolute atomic E-state index is 0.158. The van der Waals surface area contributed by atoms with E-state index in [1.165, 1.54) is 0 Å². The molecule has 1 aromatic heterocycles. The van der Waals surface area contributed by atoms with Gasteiger partial charge in [0.2, 0.25) is 5.91 Å². The number of hydrogen-bond donors (Lipinski definition) is 0. The van der Waals surface area contributed by atoms with E-state index in [9.17, 15) is 4.79 Å². The summed E-state index contributed by atoms with van der Waals surface area (Å²) in [4.78, 5) is 18.7. The predicted molar refractivity (Wildman–Crippen MR) is 95.7 cm³/mol. The van der Waals surface area contributed by atoms with Crippen LogP contribution in [0.25, 0.3) is 22.4 Å². The van der Waals surface area contributed by atoms with Gasteiger partial charge in [-0.2, -0.15) is 0 Å². The number of likely N-dealkylation sites (tertiary alicyclic amines) is 1. The highest BCUT2D eigenvalue weighted by Crippen LogP contribution is 2.32. The Morgan fingerprint density at radius 2 is 1.83 bits per heavy atom. The number of benzene rings is 2. The molecule has 0 N–H and O–H groups in total. The molecule has 0 radical (unpaired) electrons. The lowest BCUT2D eigenvalue weighted by Gasteiger charge is -2.34. The van der Waals surface area contributed by atoms with Crippen LogP contribution in [0.5, 0.6) is 0 Å². The number of piperidine rings is 1. The highest BCUT2D eigenvalue weighted by molar-refractivity contribution is 5.81. The van der Waals surface area contributed by atoms with Gasteiger partial charge in [-0.05, 0) is 25.0 Å². The van der Waals surface area contributed by atoms with Crippen molar-refractivity contribution >= 4 is 16.9 Å². The Kier molecular flexibility index (Phi) is 3.81. The molecule has 3 aromatic rings. The van der Waals surface area contributed by atoms with Gasteiger partial charge < -0.3 is 9.47 Å². The van der Waals surface area contributed by atoms with Crippen molar-refractivity contribution in [2.24, 2.45) is 0 Å². The van der Waals surface area contributed by atoms with Crippen molar-refractivity contribution in [2.45, 2.75) is 25.8 Å². The fourth-order valence-corrected chi connectivity index (χ4v) is 3.66. The molecule has 0 aliphatic carbocycles. The zero-order chi connectivity index (χ0) is 16.5. The Labute approximate surface area is 141 Å². The summed E-state index contributed by atoms with van der Waals surface area (Å²) in [6.45, 7) is 3.28. The number of rotatable bonds is 2. The first kappa shape index (κ1) is 14.9. The lowest BCUT2D eigenvalue weighted by molar-refractivity contribution is -0.130. The summed E-state index contributed by atoms with van der Waals surface area (Å²) >= 11 is 0. The van der Waals surface area contributed by atoms with Crippen LogP contribution in [0.15, 0.2) is 54.6 Å². The zero-order valence-corrected chi connectivity index (χ0v) is 13.9. The number of imidazole rings is 1. The van der Waals surface area contributed by atoms with Crippen LogP contribution in [-0.4, -0.2) is 33.4 Å². The molecule has 1 atom stereocenters. The van der Waals surface area contributed by atoms with Crippen LogP contribution < -0.4 is 0 Å². The quantitative estimate of drug-likeness (QED) is 0.719. The minimum Gasteiger partial charge on any atom is -0.341 e. The average Bonchev–Trinajstić information content (AvgIpc) is 3.02. The second kappa shape index (κ2) is 6.11. The van der Waals surface area contributed by atoms with E-state index in [0.29, 0.717) is 0 Å². The first-order valence-corrected chi connectivity index (χ1v) is 8.52. The van der Waals surface area contributed by atoms with E-state index in [-0.39, 0.29) is 11.9 Å². The summed E-state index contributed by atoms with van der Waals surface area (Å²) in [6.07, 6.45) is 2.11. The zero-order valence-electron chi connectivity index (χ0n) is 13.9. The number of nitrogens with zero attached hydrogens (tertiary/aromatic N) is 3. The van der Waals surface area contributed by atoms with Gasteiger partial charge in [0, 0.05) is 25.6 Å². The molecule has 1 aliphatic heterocycles. The highest BCUT2D eigenvalue weighted by Gasteiger charge is 2.26. The number of para-hydroxylation sites is 2. The molecule has 2 aromatic carbocycles. The smallest absolute Gasteiger partial charge is 0.219 e. The van der Waals surface area contributed by atoms with Crippen LogP contribution in [0.2, 0.25) is 0 Å². The topological polar surface area (TPSA) is 38.1 Å². The van der Waals surface area contributed by atoms with Crippen molar-refractivity contribution < 1.29 is 4.79 Å². The van der Waals surface area contributed by atoms with Crippen LogP contribution in [-0.2, 0) is 4.79 Å². The molecule has 4 heteroatoms. The second-order valence-corrected chi connectivity index (χ2v) is 6.42. The van der Waals surface area contributed by atoms with Gasteiger partial charge >= 0.3 is 0 Å². The third-order valence-corrected chi connectivity index (χ3v) is 4.83. The Balaban J connectivity index is 1.85. The summed E-state index contributed by atoms with van der Waals surface area (Å²) in [5.41, 5.74) is 3.27. The molecule has 1 amide bonds. The fraction of sp³-hybridized carbons (Fsp3) is 0.300. The molecule has 0 bridgehead atoms. The van der Waals surface area contributed by atoms with Crippen LogP contribution in [0.1, 0.15) is 25.8 Å². The molecule has 122 valence electrons. The number of carbonyl (C=O) groups excluding carboxylic acids is 1. The summed E-state index contributed by atoms with van der Waals surface area (Å²) in [5.74, 6) is 1.15. The maximum Gasteiger partial charge on any atom is 0.219 e. The molecule has 1 unspecified atom stereocenters. The van der Waals surface area contributed by atoms with E-state index in [0.717, 1.165) is 48.4 Å². The molecule has 1 saturated heterocycles. The molecule has 4 nitrogen and oxygen atoms in total. The van der Waals surface area contributed by atoms with E-state index in [1.807, 2.05) is 29.2 Å². The highest BCUT2D eigenvalue weighted by atomic mass is 16.2. The molecule has 0 saturated carbocycles. The summed E-state index contributed by atoms with van der Waals surface area (Å²) in [7, 11) is 0. The van der Waals surface area contributed by atoms with Gasteiger partial charge in [0.25, 0.3) is 0 Å². The predicted octanol–water partition coefficient (Wildman–Crippen LogP) is 3.89. The maximum atomic E-state index is 11.8. The Hall–Kier alpha value is -2.62. The lowest BCUT2D eigenvalue weighted by atomic mass is 10.0. The van der Waals surface area contributed by atoms with Gasteiger partial charge in [0.1, 0.15) is 5.82 Å². The Morgan fingerprint density at radius 1 is 1.08 bits per heavy atom. The van der Waals surface area contributed by atoms with Gasteiger partial charge in [-0.25, -0.2) is 4.98 Å². The largest absolute Gasteiger partial charge is 0.341 e. The number of carbonyl (C=O) groups is 1. The van der Waals surface area contributed by atoms with E-state index >= 15 is 0 Å². The summed E-state index contributed by atoms with van der Waals surface area (Å²) < 4.78 is 2.33. The molecule has 1 aliphatic rings. The number of aromatic nitrogens is 2. The van der Waals surface area contributed by atoms with Crippen LogP contribution in [0.4, 0.5) is 0 Å². The van der Waals surface area contributed by atoms with Crippen molar-refractivity contribution in [2.75, 3.05) is 13.1 Å². The van der Waals surface area contributed by atoms with Gasteiger partial charge in [0.05, 0.1) is 17.1 Å². The van der Waals surface area contributed by atoms with Crippen LogP contribution in [0, 0.1) is 0 Å². The monoisotopic (exact) mass is 319 g/mol. The number of hydrogen-bond acceptors (Lipinski definition) is 2. The van der Waals surface area contributed by atoms with E-state index in [4.69, 9.17) is 4.98 Å². The van der Waals surface area contributed by atoms with Crippen molar-refractivity contribution in [3.63, 3.8) is 0 Å². The first-order valence-electron chi connectivity index (χ1n) is 8.52. The maximum absolute atomic E-state index is 11.8. The number of fused-ring (bicyclic) bond motifs is 1. The van der Waals surface area contributed by atoms with E-state index in [1.54, 1.807) is 6.92 Å². The standard InChI is InChI=1S/C20H21N3O/c1-15(24)22-13-7-10-17(14-22)23-19-12-6-5-11-18(19)21-20(23)16-8-3-2-4-9-16/h2-6,8-9,11-12,17H,7,10,13-14H2,1H3. The summed E-state index contributed by atoms with van der Waals surface area (Å²) in [6, 6.07) is 18.8. The second-order valence-electron chi connectivity index (χ2n) is 6.42. The third kappa shape index (κ3) is 2.58. The first-order chi connectivity index (χ1) is 11.7. The van der Waals surface area contributed by atoms with Crippen molar-refractivity contribution in [1.29, 1.82) is 0 Å².